The molecule has 2 rings (SSSR count). The van der Waals surface area contributed by atoms with Gasteiger partial charge >= 0.3 is 6.18 Å². The molecular weight excluding hydrogens is 291 g/mol. The number of aryl methyl sites for hydroxylation is 1. The van der Waals surface area contributed by atoms with E-state index in [1.807, 2.05) is 0 Å². The number of hydrogen-bond donors (Lipinski definition) is 1. The minimum atomic E-state index is -4.49. The summed E-state index contributed by atoms with van der Waals surface area (Å²) in [6.07, 6.45) is -3.14. The average Bonchev–Trinajstić information content (AvgIpc) is 2.36. The van der Waals surface area contributed by atoms with Gasteiger partial charge in [0.15, 0.2) is 0 Å². The highest BCUT2D eigenvalue weighted by molar-refractivity contribution is 6.31. The van der Waals surface area contributed by atoms with Crippen LogP contribution in [0.2, 0.25) is 5.02 Å². The first-order valence-corrected chi connectivity index (χ1v) is 6.09. The molecule has 0 atom stereocenters. The molecule has 20 heavy (non-hydrogen) atoms. The van der Waals surface area contributed by atoms with Crippen LogP contribution in [0.3, 0.4) is 0 Å². The Labute approximate surface area is 118 Å². The monoisotopic (exact) mass is 301 g/mol. The molecule has 1 aromatic heterocycles. The van der Waals surface area contributed by atoms with Gasteiger partial charge in [-0.1, -0.05) is 11.6 Å². The largest absolute Gasteiger partial charge is 0.417 e. The van der Waals surface area contributed by atoms with E-state index >= 15 is 0 Å². The number of rotatable bonds is 2. The molecule has 0 unspecified atom stereocenters. The number of aromatic nitrogens is 2. The zero-order valence-electron chi connectivity index (χ0n) is 10.7. The fraction of sp³-hybridized carbons (Fsp3) is 0.231. The van der Waals surface area contributed by atoms with Gasteiger partial charge in [0, 0.05) is 16.9 Å². The Morgan fingerprint density at radius 3 is 2.50 bits per heavy atom. The van der Waals surface area contributed by atoms with Gasteiger partial charge in [-0.05, 0) is 32.0 Å². The van der Waals surface area contributed by atoms with Gasteiger partial charge in [-0.3, -0.25) is 0 Å². The Balaban J connectivity index is 2.38. The third-order valence-electron chi connectivity index (χ3n) is 2.87. The molecule has 0 saturated carbocycles. The van der Waals surface area contributed by atoms with Gasteiger partial charge in [-0.15, -0.1) is 0 Å². The minimum absolute atomic E-state index is 0.267. The summed E-state index contributed by atoms with van der Waals surface area (Å²) in [6, 6.07) is 3.63. The Hall–Kier alpha value is -1.82. The van der Waals surface area contributed by atoms with Crippen molar-refractivity contribution in [2.75, 3.05) is 5.32 Å². The van der Waals surface area contributed by atoms with Crippen LogP contribution in [0.1, 0.15) is 16.8 Å². The molecule has 0 amide bonds. The summed E-state index contributed by atoms with van der Waals surface area (Å²) >= 11 is 5.57. The summed E-state index contributed by atoms with van der Waals surface area (Å²) in [5.74, 6) is 0.466. The summed E-state index contributed by atoms with van der Waals surface area (Å²) in [5.41, 5.74) is 0.916. The summed E-state index contributed by atoms with van der Waals surface area (Å²) in [7, 11) is 0. The second kappa shape index (κ2) is 5.28. The van der Waals surface area contributed by atoms with Gasteiger partial charge in [0.2, 0.25) is 0 Å². The normalized spacial score (nSPS) is 11.5. The van der Waals surface area contributed by atoms with Crippen molar-refractivity contribution in [1.82, 2.24) is 9.97 Å². The van der Waals surface area contributed by atoms with Gasteiger partial charge in [0.05, 0.1) is 10.6 Å². The molecule has 0 aliphatic heterocycles. The number of benzene rings is 1. The fourth-order valence-corrected chi connectivity index (χ4v) is 1.85. The number of anilines is 2. The molecule has 3 nitrogen and oxygen atoms in total. The van der Waals surface area contributed by atoms with Crippen molar-refractivity contribution in [2.24, 2.45) is 0 Å². The molecule has 106 valence electrons. The maximum Gasteiger partial charge on any atom is 0.417 e. The average molecular weight is 302 g/mol. The first kappa shape index (κ1) is 14.6. The molecule has 0 fully saturated rings. The summed E-state index contributed by atoms with van der Waals surface area (Å²) in [4.78, 5) is 8.01. The molecule has 1 N–H and O–H groups in total. The fourth-order valence-electron chi connectivity index (χ4n) is 1.62. The Morgan fingerprint density at radius 2 is 1.85 bits per heavy atom. The van der Waals surface area contributed by atoms with Crippen molar-refractivity contribution in [2.45, 2.75) is 20.0 Å². The number of halogens is 4. The zero-order valence-corrected chi connectivity index (χ0v) is 11.5. The number of nitrogens with zero attached hydrogens (tertiary/aromatic N) is 2. The summed E-state index contributed by atoms with van der Waals surface area (Å²) in [5, 5.41) is 2.51. The van der Waals surface area contributed by atoms with Crippen LogP contribution in [-0.4, -0.2) is 9.97 Å². The van der Waals surface area contributed by atoms with E-state index in [0.717, 1.165) is 17.3 Å². The predicted octanol–water partition coefficient (Wildman–Crippen LogP) is 4.51. The molecule has 1 aromatic carbocycles. The second-order valence-corrected chi connectivity index (χ2v) is 4.66. The van der Waals surface area contributed by atoms with Crippen LogP contribution in [0.5, 0.6) is 0 Å². The van der Waals surface area contributed by atoms with Gasteiger partial charge in [-0.25, -0.2) is 9.97 Å². The topological polar surface area (TPSA) is 37.8 Å². The lowest BCUT2D eigenvalue weighted by Crippen LogP contribution is -2.07. The molecule has 0 aliphatic rings. The van der Waals surface area contributed by atoms with Gasteiger partial charge in [0.25, 0.3) is 0 Å². The van der Waals surface area contributed by atoms with Crippen molar-refractivity contribution in [3.8, 4) is 0 Å². The van der Waals surface area contributed by atoms with E-state index in [1.165, 1.54) is 18.5 Å². The minimum Gasteiger partial charge on any atom is -0.340 e. The third-order valence-corrected chi connectivity index (χ3v) is 3.20. The van der Waals surface area contributed by atoms with E-state index in [0.29, 0.717) is 5.82 Å². The zero-order chi connectivity index (χ0) is 14.9. The highest BCUT2D eigenvalue weighted by Gasteiger charge is 2.33. The molecule has 0 aliphatic carbocycles. The van der Waals surface area contributed by atoms with Crippen LogP contribution in [0.4, 0.5) is 24.7 Å². The lowest BCUT2D eigenvalue weighted by atomic mass is 10.2. The molecule has 0 radical (unpaired) electrons. The first-order chi connectivity index (χ1) is 9.29. The SMILES string of the molecule is Cc1ncnc(Nc2ccc(Cl)c(C(F)(F)F)c2)c1C. The van der Waals surface area contributed by atoms with E-state index in [2.05, 4.69) is 15.3 Å². The molecule has 7 heteroatoms. The molecule has 0 bridgehead atoms. The van der Waals surface area contributed by atoms with Crippen molar-refractivity contribution in [3.63, 3.8) is 0 Å². The summed E-state index contributed by atoms with van der Waals surface area (Å²) in [6.45, 7) is 3.59. The molecule has 0 spiro atoms. The van der Waals surface area contributed by atoms with Gasteiger partial charge in [0.1, 0.15) is 12.1 Å². The number of hydrogen-bond acceptors (Lipinski definition) is 3. The molecule has 0 saturated heterocycles. The van der Waals surface area contributed by atoms with Crippen LogP contribution in [0.15, 0.2) is 24.5 Å². The van der Waals surface area contributed by atoms with Crippen LogP contribution in [0, 0.1) is 13.8 Å². The Bertz CT molecular complexity index is 641. The highest BCUT2D eigenvalue weighted by atomic mass is 35.5. The quantitative estimate of drug-likeness (QED) is 0.887. The first-order valence-electron chi connectivity index (χ1n) is 5.71. The smallest absolute Gasteiger partial charge is 0.340 e. The van der Waals surface area contributed by atoms with E-state index in [-0.39, 0.29) is 10.7 Å². The molecular formula is C13H11ClF3N3. The van der Waals surface area contributed by atoms with Crippen LogP contribution < -0.4 is 5.32 Å². The highest BCUT2D eigenvalue weighted by Crippen LogP contribution is 2.36. The van der Waals surface area contributed by atoms with Gasteiger partial charge < -0.3 is 5.32 Å². The third kappa shape index (κ3) is 3.01. The Morgan fingerprint density at radius 1 is 1.15 bits per heavy atom. The van der Waals surface area contributed by atoms with E-state index in [4.69, 9.17) is 11.6 Å². The van der Waals surface area contributed by atoms with E-state index in [1.54, 1.807) is 13.8 Å². The molecule has 1 heterocycles. The van der Waals surface area contributed by atoms with E-state index in [9.17, 15) is 13.2 Å². The van der Waals surface area contributed by atoms with Crippen molar-refractivity contribution in [3.05, 3.63) is 46.4 Å². The van der Waals surface area contributed by atoms with Crippen LogP contribution in [-0.2, 0) is 6.18 Å². The number of alkyl halides is 3. The van der Waals surface area contributed by atoms with E-state index < -0.39 is 11.7 Å². The Kier molecular flexibility index (Phi) is 3.85. The lowest BCUT2D eigenvalue weighted by molar-refractivity contribution is -0.137. The molecule has 2 aromatic rings. The standard InChI is InChI=1S/C13H11ClF3N3/c1-7-8(2)18-6-19-12(7)20-9-3-4-11(14)10(5-9)13(15,16)17/h3-6H,1-2H3,(H,18,19,20). The predicted molar refractivity (Wildman–Crippen MR) is 71.2 cm³/mol. The van der Waals surface area contributed by atoms with Crippen molar-refractivity contribution < 1.29 is 13.2 Å². The van der Waals surface area contributed by atoms with Crippen LogP contribution >= 0.6 is 11.6 Å². The lowest BCUT2D eigenvalue weighted by Gasteiger charge is -2.13. The number of nitrogens with one attached hydrogen (secondary N) is 1. The van der Waals surface area contributed by atoms with Crippen molar-refractivity contribution in [1.29, 1.82) is 0 Å². The maximum atomic E-state index is 12.8. The summed E-state index contributed by atoms with van der Waals surface area (Å²) < 4.78 is 38.3. The maximum absolute atomic E-state index is 12.8. The van der Waals surface area contributed by atoms with Crippen molar-refractivity contribution >= 4 is 23.1 Å². The second-order valence-electron chi connectivity index (χ2n) is 4.25. The van der Waals surface area contributed by atoms with Gasteiger partial charge in [-0.2, -0.15) is 13.2 Å². The van der Waals surface area contributed by atoms with Crippen LogP contribution in [0.25, 0.3) is 0 Å².